The molecule has 3 N–H and O–H groups in total. The summed E-state index contributed by atoms with van der Waals surface area (Å²) in [6.45, 7) is 1.00. The standard InChI is InChI=1S/C21H24N4O3S/c1-25(13-20(26)22-16-5-4-6-19(11-16)28-3)12-17-14-29-21(24-17)23-15-7-9-18(27-2)10-8-15/h4-11,14H,12-13H2,1-3H3,(H,22,26)(H,23,24)/p+1. The number of carbonyl (C=O) groups excluding carboxylic acids is 1. The summed E-state index contributed by atoms with van der Waals surface area (Å²) in [7, 11) is 5.22. The van der Waals surface area contributed by atoms with E-state index in [1.165, 1.54) is 0 Å². The number of ether oxygens (including phenoxy) is 2. The van der Waals surface area contributed by atoms with Gasteiger partial charge < -0.3 is 25.0 Å². The van der Waals surface area contributed by atoms with Crippen LogP contribution < -0.4 is 25.0 Å². The average molecular weight is 414 g/mol. The highest BCUT2D eigenvalue weighted by Crippen LogP contribution is 2.22. The van der Waals surface area contributed by atoms with Crippen LogP contribution in [0.4, 0.5) is 16.5 Å². The Morgan fingerprint density at radius 2 is 1.83 bits per heavy atom. The number of nitrogens with one attached hydrogen (secondary N) is 3. The molecule has 8 heteroatoms. The normalized spacial score (nSPS) is 11.6. The van der Waals surface area contributed by atoms with Crippen LogP contribution in [-0.4, -0.2) is 38.7 Å². The van der Waals surface area contributed by atoms with Crippen molar-refractivity contribution >= 4 is 33.8 Å². The van der Waals surface area contributed by atoms with E-state index >= 15 is 0 Å². The van der Waals surface area contributed by atoms with Gasteiger partial charge in [0.2, 0.25) is 0 Å². The molecule has 29 heavy (non-hydrogen) atoms. The molecule has 0 saturated carbocycles. The van der Waals surface area contributed by atoms with Crippen molar-refractivity contribution in [2.75, 3.05) is 38.4 Å². The average Bonchev–Trinajstić information content (AvgIpc) is 3.15. The largest absolute Gasteiger partial charge is 0.497 e. The fourth-order valence-electron chi connectivity index (χ4n) is 2.80. The first kappa shape index (κ1) is 20.6. The molecule has 152 valence electrons. The van der Waals surface area contributed by atoms with Crippen molar-refractivity contribution in [2.45, 2.75) is 6.54 Å². The molecule has 3 rings (SSSR count). The second-order valence-corrected chi connectivity index (χ2v) is 7.45. The van der Waals surface area contributed by atoms with Crippen LogP contribution in [0.15, 0.2) is 53.9 Å². The first-order valence-electron chi connectivity index (χ1n) is 9.16. The minimum atomic E-state index is -0.0532. The molecular formula is C21H25N4O3S+. The molecule has 1 heterocycles. The topological polar surface area (TPSA) is 76.9 Å². The Labute approximate surface area is 174 Å². The molecule has 0 radical (unpaired) electrons. The number of aromatic nitrogens is 1. The molecule has 0 fully saturated rings. The van der Waals surface area contributed by atoms with Gasteiger partial charge in [-0.25, -0.2) is 4.98 Å². The SMILES string of the molecule is COc1ccc(Nc2nc(C[NH+](C)CC(=O)Nc3cccc(OC)c3)cs2)cc1. The number of methoxy groups -OCH3 is 2. The van der Waals surface area contributed by atoms with Gasteiger partial charge in [-0.3, -0.25) is 4.79 Å². The van der Waals surface area contributed by atoms with Crippen molar-refractivity contribution < 1.29 is 19.2 Å². The maximum Gasteiger partial charge on any atom is 0.279 e. The van der Waals surface area contributed by atoms with E-state index in [1.54, 1.807) is 31.6 Å². The summed E-state index contributed by atoms with van der Waals surface area (Å²) in [6.07, 6.45) is 0. The van der Waals surface area contributed by atoms with E-state index in [0.717, 1.165) is 32.8 Å². The van der Waals surface area contributed by atoms with Crippen LogP contribution in [-0.2, 0) is 11.3 Å². The summed E-state index contributed by atoms with van der Waals surface area (Å²) in [5.74, 6) is 1.47. The summed E-state index contributed by atoms with van der Waals surface area (Å²) < 4.78 is 10.3. The van der Waals surface area contributed by atoms with Gasteiger partial charge in [-0.15, -0.1) is 11.3 Å². The third-order valence-electron chi connectivity index (χ3n) is 4.19. The molecule has 2 aromatic carbocycles. The van der Waals surface area contributed by atoms with Gasteiger partial charge in [0.1, 0.15) is 23.7 Å². The minimum absolute atomic E-state index is 0.0532. The predicted molar refractivity (Wildman–Crippen MR) is 115 cm³/mol. The number of rotatable bonds is 9. The lowest BCUT2D eigenvalue weighted by Gasteiger charge is -2.13. The van der Waals surface area contributed by atoms with Crippen LogP contribution in [0.5, 0.6) is 11.5 Å². The van der Waals surface area contributed by atoms with Crippen LogP contribution in [0.25, 0.3) is 0 Å². The van der Waals surface area contributed by atoms with Gasteiger partial charge >= 0.3 is 0 Å². The van der Waals surface area contributed by atoms with Gasteiger partial charge in [0.25, 0.3) is 5.91 Å². The Balaban J connectivity index is 1.50. The molecule has 1 aromatic heterocycles. The van der Waals surface area contributed by atoms with Crippen LogP contribution in [0.1, 0.15) is 5.69 Å². The van der Waals surface area contributed by atoms with Gasteiger partial charge in [0, 0.05) is 22.8 Å². The molecule has 0 aliphatic rings. The van der Waals surface area contributed by atoms with Crippen molar-refractivity contribution in [1.29, 1.82) is 0 Å². The van der Waals surface area contributed by atoms with Gasteiger partial charge in [-0.2, -0.15) is 0 Å². The summed E-state index contributed by atoms with van der Waals surface area (Å²) in [5, 5.41) is 9.01. The smallest absolute Gasteiger partial charge is 0.279 e. The molecule has 3 aromatic rings. The molecule has 0 bridgehead atoms. The Kier molecular flexibility index (Phi) is 7.04. The fraction of sp³-hybridized carbons (Fsp3) is 0.238. The molecule has 1 unspecified atom stereocenters. The van der Waals surface area contributed by atoms with Crippen molar-refractivity contribution in [3.63, 3.8) is 0 Å². The number of thiazole rings is 1. The lowest BCUT2D eigenvalue weighted by Crippen LogP contribution is -3.08. The predicted octanol–water partition coefficient (Wildman–Crippen LogP) is 2.56. The van der Waals surface area contributed by atoms with E-state index in [-0.39, 0.29) is 5.91 Å². The van der Waals surface area contributed by atoms with Gasteiger partial charge in [0.15, 0.2) is 11.7 Å². The van der Waals surface area contributed by atoms with Crippen molar-refractivity contribution in [2.24, 2.45) is 0 Å². The van der Waals surface area contributed by atoms with Crippen LogP contribution in [0.3, 0.4) is 0 Å². The summed E-state index contributed by atoms with van der Waals surface area (Å²) in [4.78, 5) is 18.0. The van der Waals surface area contributed by atoms with E-state index in [0.29, 0.717) is 18.8 Å². The second kappa shape index (κ2) is 9.90. The highest BCUT2D eigenvalue weighted by molar-refractivity contribution is 7.13. The van der Waals surface area contributed by atoms with E-state index < -0.39 is 0 Å². The van der Waals surface area contributed by atoms with E-state index in [4.69, 9.17) is 9.47 Å². The minimum Gasteiger partial charge on any atom is -0.497 e. The third-order valence-corrected chi connectivity index (χ3v) is 5.00. The monoisotopic (exact) mass is 413 g/mol. The second-order valence-electron chi connectivity index (χ2n) is 6.59. The quantitative estimate of drug-likeness (QED) is 0.503. The molecule has 7 nitrogen and oxygen atoms in total. The van der Waals surface area contributed by atoms with Gasteiger partial charge in [0.05, 0.1) is 21.3 Å². The number of amides is 1. The Bertz CT molecular complexity index is 943. The fourth-order valence-corrected chi connectivity index (χ4v) is 3.53. The molecular weight excluding hydrogens is 388 g/mol. The van der Waals surface area contributed by atoms with Gasteiger partial charge in [-0.05, 0) is 36.4 Å². The Morgan fingerprint density at radius 1 is 1.07 bits per heavy atom. The number of hydrogen-bond donors (Lipinski definition) is 3. The zero-order valence-corrected chi connectivity index (χ0v) is 17.5. The number of hydrogen-bond acceptors (Lipinski definition) is 6. The lowest BCUT2D eigenvalue weighted by atomic mass is 10.3. The van der Waals surface area contributed by atoms with Gasteiger partial charge in [-0.1, -0.05) is 6.07 Å². The molecule has 1 atom stereocenters. The van der Waals surface area contributed by atoms with Crippen molar-refractivity contribution in [3.05, 3.63) is 59.6 Å². The zero-order valence-electron chi connectivity index (χ0n) is 16.7. The molecule has 0 aliphatic carbocycles. The Hall–Kier alpha value is -3.10. The van der Waals surface area contributed by atoms with E-state index in [2.05, 4.69) is 15.6 Å². The summed E-state index contributed by atoms with van der Waals surface area (Å²) in [6, 6.07) is 15.0. The summed E-state index contributed by atoms with van der Waals surface area (Å²) >= 11 is 1.54. The van der Waals surface area contributed by atoms with Crippen molar-refractivity contribution in [3.8, 4) is 11.5 Å². The number of carbonyl (C=O) groups is 1. The lowest BCUT2D eigenvalue weighted by molar-refractivity contribution is -0.885. The van der Waals surface area contributed by atoms with E-state index in [1.807, 2.05) is 54.9 Å². The Morgan fingerprint density at radius 3 is 2.55 bits per heavy atom. The highest BCUT2D eigenvalue weighted by Gasteiger charge is 2.13. The van der Waals surface area contributed by atoms with E-state index in [9.17, 15) is 4.79 Å². The van der Waals surface area contributed by atoms with Crippen LogP contribution in [0.2, 0.25) is 0 Å². The zero-order chi connectivity index (χ0) is 20.6. The number of nitrogens with zero attached hydrogens (tertiary/aromatic N) is 1. The summed E-state index contributed by atoms with van der Waals surface area (Å²) in [5.41, 5.74) is 2.62. The van der Waals surface area contributed by atoms with Crippen LogP contribution >= 0.6 is 11.3 Å². The molecule has 0 aliphatic heterocycles. The number of quaternary nitrogens is 1. The first-order valence-corrected chi connectivity index (χ1v) is 10.0. The third kappa shape index (κ3) is 6.20. The number of anilines is 3. The number of benzene rings is 2. The molecule has 0 saturated heterocycles. The van der Waals surface area contributed by atoms with Crippen LogP contribution in [0, 0.1) is 0 Å². The maximum absolute atomic E-state index is 12.3. The highest BCUT2D eigenvalue weighted by atomic mass is 32.1. The van der Waals surface area contributed by atoms with Crippen molar-refractivity contribution in [1.82, 2.24) is 4.98 Å². The molecule has 1 amide bonds. The first-order chi connectivity index (χ1) is 14.1. The maximum atomic E-state index is 12.3. The molecule has 0 spiro atoms. The number of likely N-dealkylation sites (N-methyl/N-ethyl adjacent to an activating group) is 1.